The van der Waals surface area contributed by atoms with Crippen LogP contribution in [0.15, 0.2) is 0 Å². The summed E-state index contributed by atoms with van der Waals surface area (Å²) in [4.78, 5) is 31.7. The highest BCUT2D eigenvalue weighted by molar-refractivity contribution is 6.65. The lowest BCUT2D eigenvalue weighted by Gasteiger charge is -2.18. The second kappa shape index (κ2) is 2.87. The van der Waals surface area contributed by atoms with Crippen LogP contribution in [0.25, 0.3) is 0 Å². The van der Waals surface area contributed by atoms with Gasteiger partial charge in [-0.2, -0.15) is 0 Å². The molecule has 0 radical (unpaired) electrons. The molecule has 1 unspecified atom stereocenters. The lowest BCUT2D eigenvalue weighted by atomic mass is 10.1. The Hall–Kier alpha value is -1.10. The minimum absolute atomic E-state index is 0.0208. The second-order valence-corrected chi connectivity index (χ2v) is 2.43. The Balaban J connectivity index is 2.65. The van der Waals surface area contributed by atoms with Gasteiger partial charge in [-0.15, -0.1) is 0 Å². The molecule has 1 fully saturated rings. The summed E-state index contributed by atoms with van der Waals surface area (Å²) in [6, 6.07) is -0.593. The van der Waals surface area contributed by atoms with Crippen LogP contribution >= 0.6 is 11.6 Å². The number of imide groups is 1. The fourth-order valence-electron chi connectivity index (χ4n) is 0.714. The van der Waals surface area contributed by atoms with E-state index in [9.17, 15) is 14.4 Å². The molecule has 1 rings (SSSR count). The van der Waals surface area contributed by atoms with Crippen molar-refractivity contribution in [3.05, 3.63) is 0 Å². The molecule has 0 aromatic rings. The van der Waals surface area contributed by atoms with Crippen molar-refractivity contribution in [3.63, 3.8) is 0 Å². The lowest BCUT2D eigenvalue weighted by molar-refractivity contribution is -0.130. The van der Waals surface area contributed by atoms with Crippen molar-refractivity contribution in [2.45, 2.75) is 0 Å². The van der Waals surface area contributed by atoms with Gasteiger partial charge in [0.2, 0.25) is 11.1 Å². The summed E-state index contributed by atoms with van der Waals surface area (Å²) in [5.41, 5.74) is 0. The predicted octanol–water partition coefficient (Wildman–Crippen LogP) is -0.793. The molecular weight excluding hydrogens is 172 g/mol. The van der Waals surface area contributed by atoms with Gasteiger partial charge in [-0.3, -0.25) is 14.9 Å². The summed E-state index contributed by atoms with van der Waals surface area (Å²) < 4.78 is 0. The van der Waals surface area contributed by atoms with Crippen molar-refractivity contribution in [2.75, 3.05) is 6.54 Å². The van der Waals surface area contributed by atoms with Crippen LogP contribution < -0.4 is 10.6 Å². The van der Waals surface area contributed by atoms with Crippen LogP contribution in [0.3, 0.4) is 0 Å². The molecule has 1 atom stereocenters. The molecule has 3 amide bonds. The number of rotatable bonds is 1. The molecule has 0 spiro atoms. The van der Waals surface area contributed by atoms with Crippen LogP contribution in [0.4, 0.5) is 4.79 Å². The van der Waals surface area contributed by atoms with Gasteiger partial charge in [0.25, 0.3) is 0 Å². The molecule has 0 aromatic carbocycles. The number of hydrogen-bond acceptors (Lipinski definition) is 3. The first-order valence-corrected chi connectivity index (χ1v) is 3.27. The highest BCUT2D eigenvalue weighted by Gasteiger charge is 2.30. The zero-order chi connectivity index (χ0) is 8.43. The number of amides is 3. The predicted molar refractivity (Wildman–Crippen MR) is 35.9 cm³/mol. The third-order valence-electron chi connectivity index (χ3n) is 1.29. The SMILES string of the molecule is O=C1NCC(C(=O)Cl)C(=O)N1. The Labute approximate surface area is 67.1 Å². The molecule has 1 saturated heterocycles. The Morgan fingerprint density at radius 3 is 2.64 bits per heavy atom. The van der Waals surface area contributed by atoms with Crippen LogP contribution in [0.1, 0.15) is 0 Å². The maximum absolute atomic E-state index is 10.8. The van der Waals surface area contributed by atoms with E-state index in [-0.39, 0.29) is 6.54 Å². The summed E-state index contributed by atoms with van der Waals surface area (Å²) in [5.74, 6) is -1.59. The molecule has 2 N–H and O–H groups in total. The van der Waals surface area contributed by atoms with E-state index in [2.05, 4.69) is 5.32 Å². The van der Waals surface area contributed by atoms with Gasteiger partial charge in [-0.05, 0) is 11.6 Å². The molecule has 11 heavy (non-hydrogen) atoms. The molecule has 6 heteroatoms. The van der Waals surface area contributed by atoms with Gasteiger partial charge in [0, 0.05) is 6.54 Å². The maximum Gasteiger partial charge on any atom is 0.321 e. The number of halogens is 1. The first kappa shape index (κ1) is 8.00. The van der Waals surface area contributed by atoms with Gasteiger partial charge >= 0.3 is 6.03 Å². The molecule has 0 saturated carbocycles. The molecule has 60 valence electrons. The first-order valence-electron chi connectivity index (χ1n) is 2.89. The maximum atomic E-state index is 10.8. The van der Waals surface area contributed by atoms with Crippen LogP contribution in [0.2, 0.25) is 0 Å². The number of nitrogens with one attached hydrogen (secondary N) is 2. The highest BCUT2D eigenvalue weighted by Crippen LogP contribution is 2.03. The van der Waals surface area contributed by atoms with Crippen molar-refractivity contribution in [1.29, 1.82) is 0 Å². The van der Waals surface area contributed by atoms with E-state index in [1.54, 1.807) is 0 Å². The Bertz CT molecular complexity index is 228. The average Bonchev–Trinajstić information content (AvgIpc) is 1.85. The zero-order valence-corrected chi connectivity index (χ0v) is 6.14. The van der Waals surface area contributed by atoms with Crippen molar-refractivity contribution in [2.24, 2.45) is 5.92 Å². The summed E-state index contributed by atoms with van der Waals surface area (Å²) in [6.07, 6.45) is 0. The fourth-order valence-corrected chi connectivity index (χ4v) is 0.890. The number of hydrogen-bond donors (Lipinski definition) is 2. The van der Waals surface area contributed by atoms with E-state index >= 15 is 0 Å². The molecule has 1 aliphatic heterocycles. The molecule has 1 heterocycles. The smallest absolute Gasteiger partial charge is 0.321 e. The van der Waals surface area contributed by atoms with Crippen LogP contribution in [0.5, 0.6) is 0 Å². The van der Waals surface area contributed by atoms with Crippen molar-refractivity contribution < 1.29 is 14.4 Å². The van der Waals surface area contributed by atoms with E-state index in [1.807, 2.05) is 5.32 Å². The van der Waals surface area contributed by atoms with E-state index < -0.39 is 23.1 Å². The first-order chi connectivity index (χ1) is 5.11. The molecule has 0 aliphatic carbocycles. The van der Waals surface area contributed by atoms with Crippen molar-refractivity contribution in [1.82, 2.24) is 10.6 Å². The van der Waals surface area contributed by atoms with Gasteiger partial charge in [0.15, 0.2) is 0 Å². The molecule has 0 bridgehead atoms. The quantitative estimate of drug-likeness (QED) is 0.406. The molecule has 5 nitrogen and oxygen atoms in total. The lowest BCUT2D eigenvalue weighted by Crippen LogP contribution is -2.53. The van der Waals surface area contributed by atoms with E-state index in [0.717, 1.165) is 0 Å². The summed E-state index contributed by atoms with van der Waals surface area (Å²) >= 11 is 5.05. The summed E-state index contributed by atoms with van der Waals surface area (Å²) in [5, 5.41) is 3.42. The Kier molecular flexibility index (Phi) is 2.09. The van der Waals surface area contributed by atoms with Crippen LogP contribution in [-0.2, 0) is 9.59 Å². The molecule has 1 aliphatic rings. The number of urea groups is 1. The second-order valence-electron chi connectivity index (χ2n) is 2.06. The number of carbonyl (C=O) groups is 3. The minimum Gasteiger partial charge on any atom is -0.336 e. The van der Waals surface area contributed by atoms with Crippen molar-refractivity contribution in [3.8, 4) is 0 Å². The summed E-state index contributed by atoms with van der Waals surface area (Å²) in [7, 11) is 0. The Morgan fingerprint density at radius 2 is 2.18 bits per heavy atom. The van der Waals surface area contributed by atoms with Crippen LogP contribution in [-0.4, -0.2) is 23.7 Å². The van der Waals surface area contributed by atoms with E-state index in [4.69, 9.17) is 11.6 Å². The van der Waals surface area contributed by atoms with Crippen LogP contribution in [0, 0.1) is 5.92 Å². The van der Waals surface area contributed by atoms with Gasteiger partial charge in [0.1, 0.15) is 5.92 Å². The number of carbonyl (C=O) groups excluding carboxylic acids is 3. The third kappa shape index (κ3) is 1.68. The molecular formula is C5H5ClN2O3. The van der Waals surface area contributed by atoms with Gasteiger partial charge < -0.3 is 5.32 Å². The molecule has 0 aromatic heterocycles. The minimum atomic E-state index is -0.950. The van der Waals surface area contributed by atoms with E-state index in [0.29, 0.717) is 0 Å². The topological polar surface area (TPSA) is 75.3 Å². The zero-order valence-electron chi connectivity index (χ0n) is 5.39. The largest absolute Gasteiger partial charge is 0.336 e. The van der Waals surface area contributed by atoms with Gasteiger partial charge in [0.05, 0.1) is 0 Å². The Morgan fingerprint density at radius 1 is 1.55 bits per heavy atom. The highest BCUT2D eigenvalue weighted by atomic mass is 35.5. The third-order valence-corrected chi connectivity index (χ3v) is 1.56. The normalized spacial score (nSPS) is 23.9. The van der Waals surface area contributed by atoms with Gasteiger partial charge in [-0.1, -0.05) is 0 Å². The van der Waals surface area contributed by atoms with Gasteiger partial charge in [-0.25, -0.2) is 4.79 Å². The summed E-state index contributed by atoms with van der Waals surface area (Å²) in [6.45, 7) is -0.0208. The monoisotopic (exact) mass is 176 g/mol. The standard InChI is InChI=1S/C5H5ClN2O3/c6-3(9)2-1-7-5(11)8-4(2)10/h2H,1H2,(H2,7,8,10,11). The average molecular weight is 177 g/mol. The van der Waals surface area contributed by atoms with Crippen molar-refractivity contribution >= 4 is 28.8 Å². The fraction of sp³-hybridized carbons (Fsp3) is 0.400. The van der Waals surface area contributed by atoms with E-state index in [1.165, 1.54) is 0 Å².